The molecule has 1 rings (SSSR count). The van der Waals surface area contributed by atoms with Crippen molar-refractivity contribution in [3.63, 3.8) is 0 Å². The molecule has 0 aromatic carbocycles. The topological polar surface area (TPSA) is 48.3 Å². The molecule has 1 aromatic rings. The quantitative estimate of drug-likeness (QED) is 0.575. The Bertz CT molecular complexity index is 345. The molecule has 0 aliphatic heterocycles. The lowest BCUT2D eigenvalue weighted by atomic mass is 10.3. The van der Waals surface area contributed by atoms with Crippen LogP contribution in [0.3, 0.4) is 0 Å². The van der Waals surface area contributed by atoms with E-state index in [1.165, 1.54) is 18.3 Å². The van der Waals surface area contributed by atoms with E-state index in [0.717, 1.165) is 6.20 Å². The predicted molar refractivity (Wildman–Crippen MR) is 59.7 cm³/mol. The second kappa shape index (κ2) is 4.72. The van der Waals surface area contributed by atoms with Crippen LogP contribution in [0.4, 0.5) is 4.39 Å². The third-order valence-electron chi connectivity index (χ3n) is 1.55. The van der Waals surface area contributed by atoms with Crippen molar-refractivity contribution in [1.29, 1.82) is 0 Å². The molecule has 82 valence electrons. The number of hydrogen-bond acceptors (Lipinski definition) is 3. The Morgan fingerprint density at radius 1 is 1.47 bits per heavy atom. The Morgan fingerprint density at radius 3 is 2.60 bits per heavy atom. The predicted octanol–water partition coefficient (Wildman–Crippen LogP) is 2.10. The number of nitrogens with zero attached hydrogens (tertiary/aromatic N) is 2. The van der Waals surface area contributed by atoms with E-state index in [2.05, 4.69) is 9.38 Å². The summed E-state index contributed by atoms with van der Waals surface area (Å²) in [6.45, 7) is 5.50. The third kappa shape index (κ3) is 3.97. The fraction of sp³-hybridized carbons (Fsp3) is 0.400. The van der Waals surface area contributed by atoms with Gasteiger partial charge in [0.15, 0.2) is 0 Å². The van der Waals surface area contributed by atoms with Crippen molar-refractivity contribution < 1.29 is 8.94 Å². The first-order valence-corrected chi connectivity index (χ1v) is 5.58. The Morgan fingerprint density at radius 2 is 2.13 bits per heavy atom. The van der Waals surface area contributed by atoms with Crippen LogP contribution in [0.25, 0.3) is 0 Å². The number of hydrogen-bond donors (Lipinski definition) is 0. The van der Waals surface area contributed by atoms with Crippen molar-refractivity contribution in [3.8, 4) is 0 Å². The van der Waals surface area contributed by atoms with Gasteiger partial charge in [-0.2, -0.15) is 0 Å². The molecule has 15 heavy (non-hydrogen) atoms. The first-order chi connectivity index (χ1) is 6.89. The van der Waals surface area contributed by atoms with Crippen molar-refractivity contribution in [2.75, 3.05) is 0 Å². The van der Waals surface area contributed by atoms with Crippen LogP contribution in [0.2, 0.25) is 0 Å². The number of rotatable bonds is 2. The maximum Gasteiger partial charge on any atom is 0.144 e. The van der Waals surface area contributed by atoms with Crippen LogP contribution in [0.15, 0.2) is 22.7 Å². The number of halogens is 1. The van der Waals surface area contributed by atoms with Crippen molar-refractivity contribution in [2.24, 2.45) is 4.40 Å². The second-order valence-corrected chi connectivity index (χ2v) is 5.93. The smallest absolute Gasteiger partial charge is 0.144 e. The number of pyridine rings is 1. The van der Waals surface area contributed by atoms with Gasteiger partial charge in [0.05, 0.1) is 11.9 Å². The van der Waals surface area contributed by atoms with Crippen LogP contribution >= 0.6 is 0 Å². The van der Waals surface area contributed by atoms with Crippen LogP contribution in [-0.4, -0.2) is 20.5 Å². The molecule has 0 fully saturated rings. The van der Waals surface area contributed by atoms with Crippen LogP contribution in [0, 0.1) is 5.82 Å². The first-order valence-electron chi connectivity index (χ1n) is 4.47. The molecule has 0 saturated carbocycles. The Kier molecular flexibility index (Phi) is 3.82. The van der Waals surface area contributed by atoms with Gasteiger partial charge < -0.3 is 4.55 Å². The Hall–Kier alpha value is -0.940. The van der Waals surface area contributed by atoms with Gasteiger partial charge in [0, 0.05) is 0 Å². The second-order valence-electron chi connectivity index (χ2n) is 4.00. The zero-order valence-electron chi connectivity index (χ0n) is 8.90. The summed E-state index contributed by atoms with van der Waals surface area (Å²) in [4.78, 5) is 3.77. The van der Waals surface area contributed by atoms with Gasteiger partial charge in [-0.25, -0.2) is 4.39 Å². The Labute approximate surface area is 91.8 Å². The molecule has 0 N–H and O–H groups in total. The minimum atomic E-state index is -1.31. The normalized spacial score (nSPS) is 14.5. The van der Waals surface area contributed by atoms with E-state index in [-0.39, 0.29) is 0 Å². The monoisotopic (exact) mass is 228 g/mol. The Balaban J connectivity index is 2.70. The summed E-state index contributed by atoms with van der Waals surface area (Å²) in [6.07, 6.45) is 2.49. The molecule has 0 radical (unpaired) electrons. The van der Waals surface area contributed by atoms with Gasteiger partial charge in [0.2, 0.25) is 0 Å². The fourth-order valence-electron chi connectivity index (χ4n) is 0.724. The molecule has 0 saturated heterocycles. The van der Waals surface area contributed by atoms with Crippen LogP contribution < -0.4 is 0 Å². The molecule has 0 spiro atoms. The summed E-state index contributed by atoms with van der Waals surface area (Å²) >= 11 is -1.31. The van der Waals surface area contributed by atoms with Crippen LogP contribution in [-0.2, 0) is 11.4 Å². The summed E-state index contributed by atoms with van der Waals surface area (Å²) in [6, 6.07) is 2.77. The van der Waals surface area contributed by atoms with E-state index in [0.29, 0.717) is 5.69 Å². The minimum absolute atomic E-state index is 0.392. The van der Waals surface area contributed by atoms with E-state index in [1.54, 1.807) is 0 Å². The van der Waals surface area contributed by atoms with E-state index in [1.807, 2.05) is 20.8 Å². The average molecular weight is 228 g/mol. The molecular weight excluding hydrogens is 215 g/mol. The summed E-state index contributed by atoms with van der Waals surface area (Å²) in [5.74, 6) is -0.399. The van der Waals surface area contributed by atoms with Gasteiger partial charge in [0.25, 0.3) is 0 Å². The number of aromatic nitrogens is 1. The molecule has 1 unspecified atom stereocenters. The van der Waals surface area contributed by atoms with Crippen molar-refractivity contribution in [2.45, 2.75) is 25.5 Å². The first kappa shape index (κ1) is 12.1. The standard InChI is InChI=1S/C10H13FN2OS/c1-10(2,3)15(14)13-7-9-5-4-8(11)6-12-9/h4-7H,1-3H3/b13-7-. The average Bonchev–Trinajstić information content (AvgIpc) is 2.15. The SMILES string of the molecule is CC(C)(C)[S+]([O-])/N=C\c1ccc(F)cn1. The highest BCUT2D eigenvalue weighted by Gasteiger charge is 2.25. The van der Waals surface area contributed by atoms with Crippen molar-refractivity contribution in [1.82, 2.24) is 4.98 Å². The van der Waals surface area contributed by atoms with Crippen molar-refractivity contribution >= 4 is 17.6 Å². The lowest BCUT2D eigenvalue weighted by Gasteiger charge is -2.17. The molecule has 1 atom stereocenters. The molecular formula is C10H13FN2OS. The highest BCUT2D eigenvalue weighted by molar-refractivity contribution is 7.91. The maximum atomic E-state index is 12.5. The minimum Gasteiger partial charge on any atom is -0.591 e. The summed E-state index contributed by atoms with van der Waals surface area (Å²) in [7, 11) is 0. The van der Waals surface area contributed by atoms with Gasteiger partial charge >= 0.3 is 0 Å². The zero-order chi connectivity index (χ0) is 11.5. The van der Waals surface area contributed by atoms with Crippen LogP contribution in [0.5, 0.6) is 0 Å². The molecule has 3 nitrogen and oxygen atoms in total. The maximum absolute atomic E-state index is 12.5. The lowest BCUT2D eigenvalue weighted by molar-refractivity contribution is 0.562. The fourth-order valence-corrected chi connectivity index (χ4v) is 1.24. The van der Waals surface area contributed by atoms with Gasteiger partial charge in [-0.1, -0.05) is 4.40 Å². The van der Waals surface area contributed by atoms with E-state index in [9.17, 15) is 8.94 Å². The molecule has 0 bridgehead atoms. The summed E-state index contributed by atoms with van der Waals surface area (Å²) < 4.78 is 27.5. The molecule has 1 heterocycles. The van der Waals surface area contributed by atoms with Gasteiger partial charge in [-0.05, 0) is 32.9 Å². The summed E-state index contributed by atoms with van der Waals surface area (Å²) in [5, 5.41) is 0. The molecule has 0 amide bonds. The van der Waals surface area contributed by atoms with Gasteiger partial charge in [-0.15, -0.1) is 0 Å². The van der Waals surface area contributed by atoms with Crippen molar-refractivity contribution in [3.05, 3.63) is 29.8 Å². The van der Waals surface area contributed by atoms with Gasteiger partial charge in [-0.3, -0.25) is 4.98 Å². The highest BCUT2D eigenvalue weighted by atomic mass is 32.2. The zero-order valence-corrected chi connectivity index (χ0v) is 9.71. The highest BCUT2D eigenvalue weighted by Crippen LogP contribution is 2.16. The van der Waals surface area contributed by atoms with E-state index >= 15 is 0 Å². The molecule has 5 heteroatoms. The molecule has 0 aliphatic rings. The summed E-state index contributed by atoms with van der Waals surface area (Å²) in [5.41, 5.74) is 0.494. The largest absolute Gasteiger partial charge is 0.591 e. The van der Waals surface area contributed by atoms with E-state index < -0.39 is 21.9 Å². The van der Waals surface area contributed by atoms with Gasteiger partial charge in [0.1, 0.15) is 28.1 Å². The molecule has 0 aliphatic carbocycles. The molecule has 1 aromatic heterocycles. The van der Waals surface area contributed by atoms with E-state index in [4.69, 9.17) is 0 Å². The lowest BCUT2D eigenvalue weighted by Crippen LogP contribution is -2.25. The van der Waals surface area contributed by atoms with Crippen LogP contribution in [0.1, 0.15) is 26.5 Å². The third-order valence-corrected chi connectivity index (χ3v) is 2.90.